The standard InChI is InChI=1S/C17H18N2O/c1-2-4-14(5-3-1)17-11-16(20-18-17)10-15-12-19-8-6-13(15)7-9-19/h1-5,10-11,13H,6-9,12H2/b15-10-. The average molecular weight is 266 g/mol. The van der Waals surface area contributed by atoms with Gasteiger partial charge in [0.2, 0.25) is 0 Å². The quantitative estimate of drug-likeness (QED) is 0.833. The normalized spacial score (nSPS) is 27.1. The highest BCUT2D eigenvalue weighted by Gasteiger charge is 2.29. The van der Waals surface area contributed by atoms with E-state index in [4.69, 9.17) is 4.52 Å². The fourth-order valence-corrected chi connectivity index (χ4v) is 3.30. The highest BCUT2D eigenvalue weighted by molar-refractivity contribution is 5.62. The van der Waals surface area contributed by atoms with Gasteiger partial charge in [-0.05, 0) is 43.5 Å². The van der Waals surface area contributed by atoms with Gasteiger partial charge < -0.3 is 4.52 Å². The molecule has 5 rings (SSSR count). The molecule has 3 fully saturated rings. The lowest BCUT2D eigenvalue weighted by atomic mass is 9.83. The van der Waals surface area contributed by atoms with E-state index in [0.717, 1.165) is 29.5 Å². The van der Waals surface area contributed by atoms with Crippen LogP contribution < -0.4 is 0 Å². The number of piperidine rings is 3. The number of benzene rings is 1. The zero-order chi connectivity index (χ0) is 13.4. The van der Waals surface area contributed by atoms with Gasteiger partial charge in [0, 0.05) is 18.2 Å². The van der Waals surface area contributed by atoms with Crippen LogP contribution in [-0.4, -0.2) is 29.7 Å². The Morgan fingerprint density at radius 3 is 2.65 bits per heavy atom. The van der Waals surface area contributed by atoms with E-state index < -0.39 is 0 Å². The third-order valence-corrected chi connectivity index (χ3v) is 4.44. The Hall–Kier alpha value is -1.87. The van der Waals surface area contributed by atoms with Gasteiger partial charge in [-0.2, -0.15) is 0 Å². The number of hydrogen-bond acceptors (Lipinski definition) is 3. The van der Waals surface area contributed by atoms with Crippen molar-refractivity contribution in [3.63, 3.8) is 0 Å². The van der Waals surface area contributed by atoms with E-state index in [0.29, 0.717) is 0 Å². The van der Waals surface area contributed by atoms with Crippen molar-refractivity contribution >= 4 is 6.08 Å². The topological polar surface area (TPSA) is 29.3 Å². The van der Waals surface area contributed by atoms with Gasteiger partial charge in [-0.15, -0.1) is 0 Å². The van der Waals surface area contributed by atoms with Gasteiger partial charge >= 0.3 is 0 Å². The molecule has 0 N–H and O–H groups in total. The summed E-state index contributed by atoms with van der Waals surface area (Å²) < 4.78 is 5.48. The number of hydrogen-bond donors (Lipinski definition) is 0. The van der Waals surface area contributed by atoms with E-state index >= 15 is 0 Å². The number of nitrogens with zero attached hydrogens (tertiary/aromatic N) is 2. The first kappa shape index (κ1) is 11.9. The smallest absolute Gasteiger partial charge is 0.160 e. The molecular formula is C17H18N2O. The molecule has 3 heteroatoms. The fourth-order valence-electron chi connectivity index (χ4n) is 3.30. The molecule has 0 amide bonds. The second-order valence-corrected chi connectivity index (χ2v) is 5.75. The molecule has 20 heavy (non-hydrogen) atoms. The molecule has 0 spiro atoms. The highest BCUT2D eigenvalue weighted by Crippen LogP contribution is 2.33. The SMILES string of the molecule is C(=C1\CN2CCC1CC2)/c1cc(-c2ccccc2)no1. The zero-order valence-electron chi connectivity index (χ0n) is 11.5. The van der Waals surface area contributed by atoms with Gasteiger partial charge in [-0.25, -0.2) is 0 Å². The summed E-state index contributed by atoms with van der Waals surface area (Å²) in [6.07, 6.45) is 4.80. The second-order valence-electron chi connectivity index (χ2n) is 5.75. The molecule has 0 atom stereocenters. The predicted molar refractivity (Wildman–Crippen MR) is 79.1 cm³/mol. The van der Waals surface area contributed by atoms with Crippen LogP contribution in [0.25, 0.3) is 17.3 Å². The van der Waals surface area contributed by atoms with E-state index in [2.05, 4.69) is 28.3 Å². The summed E-state index contributed by atoms with van der Waals surface area (Å²) in [5.74, 6) is 1.64. The summed E-state index contributed by atoms with van der Waals surface area (Å²) in [4.78, 5) is 2.53. The number of fused-ring (bicyclic) bond motifs is 3. The van der Waals surface area contributed by atoms with E-state index in [9.17, 15) is 0 Å². The molecule has 1 aromatic carbocycles. The Morgan fingerprint density at radius 2 is 1.95 bits per heavy atom. The lowest BCUT2D eigenvalue weighted by molar-refractivity contribution is 0.163. The minimum atomic E-state index is 0.755. The van der Waals surface area contributed by atoms with Crippen LogP contribution >= 0.6 is 0 Å². The van der Waals surface area contributed by atoms with Crippen LogP contribution in [-0.2, 0) is 0 Å². The Kier molecular flexibility index (Phi) is 2.92. The van der Waals surface area contributed by atoms with Crippen molar-refractivity contribution < 1.29 is 4.52 Å². The maximum Gasteiger partial charge on any atom is 0.160 e. The van der Waals surface area contributed by atoms with Crippen molar-refractivity contribution in [1.29, 1.82) is 0 Å². The molecule has 3 nitrogen and oxygen atoms in total. The molecule has 1 aromatic heterocycles. The highest BCUT2D eigenvalue weighted by atomic mass is 16.5. The van der Waals surface area contributed by atoms with E-state index in [1.807, 2.05) is 24.3 Å². The van der Waals surface area contributed by atoms with Crippen molar-refractivity contribution in [3.05, 3.63) is 47.7 Å². The third kappa shape index (κ3) is 2.18. The van der Waals surface area contributed by atoms with Gasteiger partial charge in [0.15, 0.2) is 5.76 Å². The second kappa shape index (κ2) is 4.91. The first-order valence-electron chi connectivity index (χ1n) is 7.33. The summed E-state index contributed by atoms with van der Waals surface area (Å²) >= 11 is 0. The van der Waals surface area contributed by atoms with Gasteiger partial charge in [0.05, 0.1) is 0 Å². The van der Waals surface area contributed by atoms with Crippen molar-refractivity contribution in [2.45, 2.75) is 12.8 Å². The fraction of sp³-hybridized carbons (Fsp3) is 0.353. The molecular weight excluding hydrogens is 248 g/mol. The van der Waals surface area contributed by atoms with Crippen LogP contribution in [0.3, 0.4) is 0 Å². The van der Waals surface area contributed by atoms with E-state index in [-0.39, 0.29) is 0 Å². The molecule has 3 saturated heterocycles. The van der Waals surface area contributed by atoms with Gasteiger partial charge in [-0.3, -0.25) is 4.90 Å². The van der Waals surface area contributed by atoms with Crippen LogP contribution in [0.15, 0.2) is 46.5 Å². The Morgan fingerprint density at radius 1 is 1.15 bits per heavy atom. The largest absolute Gasteiger partial charge is 0.356 e. The molecule has 0 radical (unpaired) electrons. The molecule has 3 aliphatic heterocycles. The summed E-state index contributed by atoms with van der Waals surface area (Å²) in [6, 6.07) is 12.2. The summed E-state index contributed by atoms with van der Waals surface area (Å²) in [7, 11) is 0. The van der Waals surface area contributed by atoms with Gasteiger partial charge in [-0.1, -0.05) is 35.5 Å². The zero-order valence-corrected chi connectivity index (χ0v) is 11.5. The Bertz CT molecular complexity index is 621. The van der Waals surface area contributed by atoms with Crippen LogP contribution in [0.1, 0.15) is 18.6 Å². The molecule has 0 aliphatic carbocycles. The third-order valence-electron chi connectivity index (χ3n) is 4.44. The molecule has 4 heterocycles. The molecule has 2 bridgehead atoms. The van der Waals surface area contributed by atoms with Crippen molar-refractivity contribution in [2.24, 2.45) is 5.92 Å². The van der Waals surface area contributed by atoms with Crippen LogP contribution in [0, 0.1) is 5.92 Å². The summed E-state index contributed by atoms with van der Waals surface area (Å²) in [5, 5.41) is 4.18. The van der Waals surface area contributed by atoms with Crippen LogP contribution in [0.5, 0.6) is 0 Å². The van der Waals surface area contributed by atoms with Crippen molar-refractivity contribution in [3.8, 4) is 11.3 Å². The predicted octanol–water partition coefficient (Wildman–Crippen LogP) is 3.45. The average Bonchev–Trinajstić information content (AvgIpc) is 2.98. The Labute approximate surface area is 118 Å². The maximum absolute atomic E-state index is 5.48. The minimum Gasteiger partial charge on any atom is -0.356 e. The molecule has 102 valence electrons. The van der Waals surface area contributed by atoms with Crippen molar-refractivity contribution in [2.75, 3.05) is 19.6 Å². The van der Waals surface area contributed by atoms with Crippen molar-refractivity contribution in [1.82, 2.24) is 10.1 Å². The minimum absolute atomic E-state index is 0.755. The summed E-state index contributed by atoms with van der Waals surface area (Å²) in [6.45, 7) is 3.62. The first-order chi connectivity index (χ1) is 9.88. The van der Waals surface area contributed by atoms with E-state index in [1.54, 1.807) is 0 Å². The van der Waals surface area contributed by atoms with Gasteiger partial charge in [0.25, 0.3) is 0 Å². The lowest BCUT2D eigenvalue weighted by Crippen LogP contribution is -2.42. The van der Waals surface area contributed by atoms with Gasteiger partial charge in [0.1, 0.15) is 5.69 Å². The maximum atomic E-state index is 5.48. The van der Waals surface area contributed by atoms with Crippen LogP contribution in [0.2, 0.25) is 0 Å². The number of rotatable bonds is 2. The number of aromatic nitrogens is 1. The molecule has 3 aliphatic rings. The molecule has 0 unspecified atom stereocenters. The Balaban J connectivity index is 1.60. The molecule has 0 saturated carbocycles. The monoisotopic (exact) mass is 266 g/mol. The summed E-state index contributed by atoms with van der Waals surface area (Å²) in [5.41, 5.74) is 3.53. The molecule has 2 aromatic rings. The van der Waals surface area contributed by atoms with Crippen LogP contribution in [0.4, 0.5) is 0 Å². The van der Waals surface area contributed by atoms with E-state index in [1.165, 1.54) is 31.5 Å². The lowest BCUT2D eigenvalue weighted by Gasteiger charge is -2.40. The first-order valence-corrected chi connectivity index (χ1v) is 7.33.